The van der Waals surface area contributed by atoms with Crippen LogP contribution < -0.4 is 0 Å². The SMILES string of the molecule is O=COC(C(Br)Br)[N+](=O)[O-]. The molecule has 1 atom stereocenters. The maximum atomic E-state index is 9.99. The Kier molecular flexibility index (Phi) is 4.54. The molecule has 0 saturated heterocycles. The average Bonchev–Trinajstić information content (AvgIpc) is 1.81. The second-order valence-corrected chi connectivity index (χ2v) is 4.44. The first-order valence-corrected chi connectivity index (χ1v) is 3.93. The number of rotatable bonds is 4. The number of alkyl halides is 2. The molecule has 0 aromatic heterocycles. The second kappa shape index (κ2) is 4.62. The minimum Gasteiger partial charge on any atom is -0.399 e. The lowest BCUT2D eigenvalue weighted by Gasteiger charge is -2.06. The smallest absolute Gasteiger partial charge is 0.378 e. The lowest BCUT2D eigenvalue weighted by atomic mass is 10.7. The molecule has 5 nitrogen and oxygen atoms in total. The van der Waals surface area contributed by atoms with Gasteiger partial charge in [0.1, 0.15) is 0 Å². The zero-order valence-corrected chi connectivity index (χ0v) is 7.74. The largest absolute Gasteiger partial charge is 0.399 e. The number of ether oxygens (including phenoxy) is 1. The Morgan fingerprint density at radius 1 is 1.60 bits per heavy atom. The fourth-order valence-corrected chi connectivity index (χ4v) is 0.893. The lowest BCUT2D eigenvalue weighted by molar-refractivity contribution is -0.561. The molecular weight excluding hydrogens is 274 g/mol. The van der Waals surface area contributed by atoms with Crippen LogP contribution in [0.1, 0.15) is 0 Å². The highest BCUT2D eigenvalue weighted by atomic mass is 79.9. The molecular formula is C3H3Br2NO4. The van der Waals surface area contributed by atoms with Gasteiger partial charge in [-0.3, -0.25) is 14.9 Å². The summed E-state index contributed by atoms with van der Waals surface area (Å²) in [5, 5.41) is 9.99. The Balaban J connectivity index is 3.97. The minimum atomic E-state index is -1.38. The highest BCUT2D eigenvalue weighted by Gasteiger charge is 2.28. The van der Waals surface area contributed by atoms with Crippen molar-refractivity contribution in [1.82, 2.24) is 0 Å². The van der Waals surface area contributed by atoms with Crippen molar-refractivity contribution in [2.75, 3.05) is 0 Å². The van der Waals surface area contributed by atoms with Crippen LogP contribution in [-0.2, 0) is 9.53 Å². The molecule has 0 bridgehead atoms. The Labute approximate surface area is 73.1 Å². The Hall–Kier alpha value is -0.170. The van der Waals surface area contributed by atoms with Crippen molar-refractivity contribution in [2.45, 2.75) is 9.96 Å². The van der Waals surface area contributed by atoms with Crippen LogP contribution in [-0.4, -0.2) is 21.4 Å². The van der Waals surface area contributed by atoms with E-state index in [1.54, 1.807) is 0 Å². The maximum Gasteiger partial charge on any atom is 0.378 e. The summed E-state index contributed by atoms with van der Waals surface area (Å²) in [7, 11) is 0. The van der Waals surface area contributed by atoms with Crippen molar-refractivity contribution < 1.29 is 14.5 Å². The van der Waals surface area contributed by atoms with Crippen LogP contribution in [0.5, 0.6) is 0 Å². The molecule has 0 aromatic rings. The number of hydrogen-bond acceptors (Lipinski definition) is 4. The van der Waals surface area contributed by atoms with Gasteiger partial charge in [-0.25, -0.2) is 0 Å². The van der Waals surface area contributed by atoms with Gasteiger partial charge in [-0.15, -0.1) is 0 Å². The number of hydrogen-bond donors (Lipinski definition) is 0. The van der Waals surface area contributed by atoms with Crippen LogP contribution in [0, 0.1) is 10.1 Å². The van der Waals surface area contributed by atoms with Crippen molar-refractivity contribution >= 4 is 38.3 Å². The molecule has 10 heavy (non-hydrogen) atoms. The minimum absolute atomic E-state index is 0.0307. The number of halogens is 2. The number of carbonyl (C=O) groups is 1. The maximum absolute atomic E-state index is 9.99. The Bertz CT molecular complexity index is 138. The van der Waals surface area contributed by atoms with Crippen LogP contribution in [0.4, 0.5) is 0 Å². The lowest BCUT2D eigenvalue weighted by Crippen LogP contribution is -2.28. The molecule has 0 fully saturated rings. The first-order chi connectivity index (χ1) is 4.59. The molecule has 7 heteroatoms. The quantitative estimate of drug-likeness (QED) is 0.251. The summed E-state index contributed by atoms with van der Waals surface area (Å²) in [5.74, 6) is 0. The second-order valence-electron chi connectivity index (χ2n) is 1.24. The van der Waals surface area contributed by atoms with Crippen molar-refractivity contribution in [1.29, 1.82) is 0 Å². The molecule has 1 unspecified atom stereocenters. The first kappa shape index (κ1) is 9.83. The highest BCUT2D eigenvalue weighted by Crippen LogP contribution is 2.15. The van der Waals surface area contributed by atoms with Crippen LogP contribution >= 0.6 is 31.9 Å². The number of nitro groups is 1. The molecule has 0 aliphatic heterocycles. The van der Waals surface area contributed by atoms with E-state index >= 15 is 0 Å². The fraction of sp³-hybridized carbons (Fsp3) is 0.667. The first-order valence-electron chi connectivity index (χ1n) is 2.10. The van der Waals surface area contributed by atoms with Crippen LogP contribution in [0.3, 0.4) is 0 Å². The van der Waals surface area contributed by atoms with Gasteiger partial charge in [0.05, 0.1) is 4.92 Å². The van der Waals surface area contributed by atoms with E-state index in [0.717, 1.165) is 0 Å². The predicted molar refractivity (Wildman–Crippen MR) is 39.6 cm³/mol. The Morgan fingerprint density at radius 3 is 2.20 bits per heavy atom. The summed E-state index contributed by atoms with van der Waals surface area (Å²) in [4.78, 5) is 18.9. The van der Waals surface area contributed by atoms with Gasteiger partial charge < -0.3 is 4.74 Å². The van der Waals surface area contributed by atoms with Gasteiger partial charge in [-0.1, -0.05) is 31.9 Å². The fourth-order valence-electron chi connectivity index (χ4n) is 0.258. The topological polar surface area (TPSA) is 69.4 Å². The van der Waals surface area contributed by atoms with E-state index < -0.39 is 14.9 Å². The standard InChI is InChI=1S/C3H3Br2NO4/c4-2(5)3(6(8)9)10-1-7/h1-3H. The predicted octanol–water partition coefficient (Wildman–Crippen LogP) is 0.878. The van der Waals surface area contributed by atoms with Gasteiger partial charge in [0.15, 0.2) is 3.74 Å². The summed E-state index contributed by atoms with van der Waals surface area (Å²) >= 11 is 5.67. The van der Waals surface area contributed by atoms with Crippen molar-refractivity contribution in [3.05, 3.63) is 10.1 Å². The molecule has 0 saturated carbocycles. The van der Waals surface area contributed by atoms with E-state index in [-0.39, 0.29) is 6.47 Å². The molecule has 0 heterocycles. The molecule has 0 aromatic carbocycles. The van der Waals surface area contributed by atoms with Gasteiger partial charge in [-0.2, -0.15) is 0 Å². The van der Waals surface area contributed by atoms with Crippen molar-refractivity contribution in [3.8, 4) is 0 Å². The molecule has 0 N–H and O–H groups in total. The normalized spacial score (nSPS) is 12.7. The molecule has 0 rings (SSSR count). The molecule has 0 spiro atoms. The summed E-state index contributed by atoms with van der Waals surface area (Å²) in [6.45, 7) is 0.0307. The van der Waals surface area contributed by atoms with Gasteiger partial charge in [-0.05, 0) is 0 Å². The third-order valence-corrected chi connectivity index (χ3v) is 1.52. The molecule has 0 aliphatic carbocycles. The zero-order chi connectivity index (χ0) is 8.15. The molecule has 0 amide bonds. The monoisotopic (exact) mass is 275 g/mol. The van der Waals surface area contributed by atoms with Crippen LogP contribution in [0.15, 0.2) is 0 Å². The third-order valence-electron chi connectivity index (χ3n) is 0.618. The van der Waals surface area contributed by atoms with E-state index in [1.165, 1.54) is 0 Å². The van der Waals surface area contributed by atoms with Gasteiger partial charge in [0.2, 0.25) is 0 Å². The highest BCUT2D eigenvalue weighted by molar-refractivity contribution is 9.24. The molecule has 0 radical (unpaired) electrons. The van der Waals surface area contributed by atoms with Crippen molar-refractivity contribution in [3.63, 3.8) is 0 Å². The summed E-state index contributed by atoms with van der Waals surface area (Å²) in [5.41, 5.74) is 0. The van der Waals surface area contributed by atoms with E-state index in [2.05, 4.69) is 36.6 Å². The van der Waals surface area contributed by atoms with Gasteiger partial charge in [0.25, 0.3) is 6.47 Å². The average molecular weight is 277 g/mol. The van der Waals surface area contributed by atoms with Crippen LogP contribution in [0.2, 0.25) is 0 Å². The summed E-state index contributed by atoms with van der Waals surface area (Å²) < 4.78 is 3.42. The summed E-state index contributed by atoms with van der Waals surface area (Å²) in [6.07, 6.45) is -1.38. The zero-order valence-electron chi connectivity index (χ0n) is 4.57. The molecule has 58 valence electrons. The van der Waals surface area contributed by atoms with E-state index in [0.29, 0.717) is 0 Å². The van der Waals surface area contributed by atoms with E-state index in [4.69, 9.17) is 0 Å². The Morgan fingerprint density at radius 2 is 2.10 bits per heavy atom. The number of nitrogens with zero attached hydrogens (tertiary/aromatic N) is 1. The molecule has 0 aliphatic rings. The van der Waals surface area contributed by atoms with Gasteiger partial charge >= 0.3 is 6.23 Å². The third kappa shape index (κ3) is 3.11. The summed E-state index contributed by atoms with van der Waals surface area (Å²) in [6, 6.07) is 0. The van der Waals surface area contributed by atoms with Gasteiger partial charge in [0, 0.05) is 0 Å². The van der Waals surface area contributed by atoms with Crippen LogP contribution in [0.25, 0.3) is 0 Å². The van der Waals surface area contributed by atoms with E-state index in [1.807, 2.05) is 0 Å². The van der Waals surface area contributed by atoms with E-state index in [9.17, 15) is 14.9 Å². The number of carbonyl (C=O) groups excluding carboxylic acids is 1. The van der Waals surface area contributed by atoms with Crippen molar-refractivity contribution in [2.24, 2.45) is 0 Å².